The van der Waals surface area contributed by atoms with Crippen molar-refractivity contribution in [3.63, 3.8) is 0 Å². The van der Waals surface area contributed by atoms with Crippen molar-refractivity contribution < 1.29 is 4.74 Å². The summed E-state index contributed by atoms with van der Waals surface area (Å²) in [5, 5.41) is 3.66. The lowest BCUT2D eigenvalue weighted by Gasteiger charge is -2.40. The Balaban J connectivity index is 1.82. The molecule has 0 saturated carbocycles. The first-order chi connectivity index (χ1) is 10.0. The summed E-state index contributed by atoms with van der Waals surface area (Å²) in [5.41, 5.74) is 3.54. The zero-order valence-corrected chi connectivity index (χ0v) is 12.8. The van der Waals surface area contributed by atoms with Gasteiger partial charge < -0.3 is 10.1 Å². The summed E-state index contributed by atoms with van der Waals surface area (Å²) >= 11 is 0. The maximum absolute atomic E-state index is 6.50. The average molecular weight is 279 g/mol. The van der Waals surface area contributed by atoms with E-state index in [0.717, 1.165) is 17.7 Å². The minimum atomic E-state index is -0.321. The molecule has 2 heteroatoms. The van der Waals surface area contributed by atoms with Crippen LogP contribution in [-0.4, -0.2) is 11.1 Å². The highest BCUT2D eigenvalue weighted by atomic mass is 16.5. The fourth-order valence-electron chi connectivity index (χ4n) is 3.72. The first kappa shape index (κ1) is 12.8. The predicted octanol–water partition coefficient (Wildman–Crippen LogP) is 4.06. The van der Waals surface area contributed by atoms with Crippen molar-refractivity contribution in [2.45, 2.75) is 38.3 Å². The number of rotatable bonds is 0. The molecular weight excluding hydrogens is 258 g/mol. The van der Waals surface area contributed by atoms with Crippen LogP contribution < -0.4 is 10.1 Å². The largest absolute Gasteiger partial charge is 0.478 e. The SMILES string of the molecule is CC1C2=C(C=CCC23C=Cc2ccccc2O3)NC1(C)C. The second kappa shape index (κ2) is 4.03. The van der Waals surface area contributed by atoms with Gasteiger partial charge in [-0.05, 0) is 32.1 Å². The molecule has 2 aliphatic heterocycles. The summed E-state index contributed by atoms with van der Waals surface area (Å²) in [6, 6.07) is 8.27. The van der Waals surface area contributed by atoms with Gasteiger partial charge in [0, 0.05) is 34.7 Å². The number of hydrogen-bond acceptors (Lipinski definition) is 2. The van der Waals surface area contributed by atoms with E-state index in [9.17, 15) is 0 Å². The van der Waals surface area contributed by atoms with Crippen molar-refractivity contribution in [1.82, 2.24) is 5.32 Å². The summed E-state index contributed by atoms with van der Waals surface area (Å²) < 4.78 is 6.50. The van der Waals surface area contributed by atoms with Crippen LogP contribution in [0.4, 0.5) is 0 Å². The third-order valence-corrected chi connectivity index (χ3v) is 5.17. The van der Waals surface area contributed by atoms with Gasteiger partial charge in [-0.3, -0.25) is 0 Å². The molecule has 0 saturated heterocycles. The molecule has 0 radical (unpaired) electrons. The molecule has 2 unspecified atom stereocenters. The number of ether oxygens (including phenoxy) is 1. The highest BCUT2D eigenvalue weighted by Gasteiger charge is 2.49. The minimum Gasteiger partial charge on any atom is -0.478 e. The van der Waals surface area contributed by atoms with Gasteiger partial charge in [0.15, 0.2) is 5.60 Å². The molecule has 2 nitrogen and oxygen atoms in total. The van der Waals surface area contributed by atoms with Gasteiger partial charge >= 0.3 is 0 Å². The van der Waals surface area contributed by atoms with Crippen LogP contribution in [0.5, 0.6) is 5.75 Å². The van der Waals surface area contributed by atoms with Crippen LogP contribution in [0.3, 0.4) is 0 Å². The van der Waals surface area contributed by atoms with Crippen molar-refractivity contribution in [1.29, 1.82) is 0 Å². The third-order valence-electron chi connectivity index (χ3n) is 5.17. The number of hydrogen-bond donors (Lipinski definition) is 1. The monoisotopic (exact) mass is 279 g/mol. The van der Waals surface area contributed by atoms with Crippen LogP contribution in [0.15, 0.2) is 53.8 Å². The van der Waals surface area contributed by atoms with E-state index in [-0.39, 0.29) is 11.1 Å². The second-order valence-corrected chi connectivity index (χ2v) is 6.86. The van der Waals surface area contributed by atoms with Crippen molar-refractivity contribution in [2.75, 3.05) is 0 Å². The van der Waals surface area contributed by atoms with Crippen molar-refractivity contribution in [2.24, 2.45) is 5.92 Å². The Hall–Kier alpha value is -1.96. The molecule has 2 heterocycles. The summed E-state index contributed by atoms with van der Waals surface area (Å²) in [6.45, 7) is 6.82. The standard InChI is InChI=1S/C19H21NO/c1-13-17-15(20-18(13,2)3)8-6-11-19(17)12-10-14-7-4-5-9-16(14)21-19/h4-10,12-13,20H,11H2,1-3H3. The number of allylic oxidation sites excluding steroid dienone is 1. The van der Waals surface area contributed by atoms with Crippen LogP contribution >= 0.6 is 0 Å². The summed E-state index contributed by atoms with van der Waals surface area (Å²) in [5.74, 6) is 1.42. The first-order valence-electron chi connectivity index (χ1n) is 7.68. The normalized spacial score (nSPS) is 31.7. The van der Waals surface area contributed by atoms with E-state index in [0.29, 0.717) is 5.92 Å². The molecule has 0 amide bonds. The van der Waals surface area contributed by atoms with Gasteiger partial charge in [0.2, 0.25) is 0 Å². The Bertz CT molecular complexity index is 695. The molecule has 0 aromatic heterocycles. The average Bonchev–Trinajstić information content (AvgIpc) is 2.70. The second-order valence-electron chi connectivity index (χ2n) is 6.86. The number of benzene rings is 1. The molecule has 0 fully saturated rings. The van der Waals surface area contributed by atoms with Gasteiger partial charge in [-0.15, -0.1) is 0 Å². The van der Waals surface area contributed by atoms with E-state index in [2.05, 4.69) is 68.6 Å². The van der Waals surface area contributed by atoms with Gasteiger partial charge in [-0.1, -0.05) is 37.3 Å². The number of para-hydroxylation sites is 1. The van der Waals surface area contributed by atoms with E-state index < -0.39 is 0 Å². The highest BCUT2D eigenvalue weighted by molar-refractivity contribution is 5.64. The van der Waals surface area contributed by atoms with Gasteiger partial charge in [0.25, 0.3) is 0 Å². The quantitative estimate of drug-likeness (QED) is 0.773. The summed E-state index contributed by atoms with van der Waals surface area (Å²) in [7, 11) is 0. The van der Waals surface area contributed by atoms with Gasteiger partial charge in [0.1, 0.15) is 5.75 Å². The minimum absolute atomic E-state index is 0.0700. The Morgan fingerprint density at radius 2 is 2.00 bits per heavy atom. The molecule has 0 bridgehead atoms. The van der Waals surface area contributed by atoms with E-state index in [1.165, 1.54) is 11.3 Å². The zero-order valence-electron chi connectivity index (χ0n) is 12.8. The molecule has 1 aliphatic carbocycles. The van der Waals surface area contributed by atoms with Crippen molar-refractivity contribution >= 4 is 6.08 Å². The lowest BCUT2D eigenvalue weighted by atomic mass is 9.74. The molecule has 3 aliphatic rings. The molecule has 1 aromatic rings. The van der Waals surface area contributed by atoms with Crippen molar-refractivity contribution in [3.05, 3.63) is 59.3 Å². The fraction of sp³-hybridized carbons (Fsp3) is 0.368. The number of fused-ring (bicyclic) bond motifs is 2. The highest BCUT2D eigenvalue weighted by Crippen LogP contribution is 2.48. The Labute approximate surface area is 126 Å². The lowest BCUT2D eigenvalue weighted by Crippen LogP contribution is -2.43. The molecular formula is C19H21NO. The van der Waals surface area contributed by atoms with Gasteiger partial charge in [-0.2, -0.15) is 0 Å². The summed E-state index contributed by atoms with van der Waals surface area (Å²) in [6.07, 6.45) is 9.79. The van der Waals surface area contributed by atoms with Crippen LogP contribution in [0.1, 0.15) is 32.8 Å². The van der Waals surface area contributed by atoms with Crippen LogP contribution in [0.25, 0.3) is 6.08 Å². The maximum Gasteiger partial charge on any atom is 0.155 e. The zero-order chi connectivity index (χ0) is 14.7. The first-order valence-corrected chi connectivity index (χ1v) is 7.68. The topological polar surface area (TPSA) is 21.3 Å². The predicted molar refractivity (Wildman–Crippen MR) is 86.0 cm³/mol. The third kappa shape index (κ3) is 1.71. The molecule has 1 N–H and O–H groups in total. The maximum atomic E-state index is 6.50. The van der Waals surface area contributed by atoms with Crippen LogP contribution in [0.2, 0.25) is 0 Å². The molecule has 4 rings (SSSR count). The fourth-order valence-corrected chi connectivity index (χ4v) is 3.72. The molecule has 21 heavy (non-hydrogen) atoms. The lowest BCUT2D eigenvalue weighted by molar-refractivity contribution is 0.141. The Morgan fingerprint density at radius 3 is 2.86 bits per heavy atom. The van der Waals surface area contributed by atoms with Crippen LogP contribution in [-0.2, 0) is 0 Å². The van der Waals surface area contributed by atoms with E-state index in [1.54, 1.807) is 0 Å². The molecule has 1 spiro atoms. The molecule has 2 atom stereocenters. The van der Waals surface area contributed by atoms with Crippen LogP contribution in [0, 0.1) is 5.92 Å². The van der Waals surface area contributed by atoms with E-state index in [1.807, 2.05) is 6.07 Å². The van der Waals surface area contributed by atoms with Gasteiger partial charge in [-0.25, -0.2) is 0 Å². The molecule has 108 valence electrons. The smallest absolute Gasteiger partial charge is 0.155 e. The van der Waals surface area contributed by atoms with Crippen molar-refractivity contribution in [3.8, 4) is 5.75 Å². The molecule has 1 aromatic carbocycles. The van der Waals surface area contributed by atoms with E-state index >= 15 is 0 Å². The Morgan fingerprint density at radius 1 is 1.19 bits per heavy atom. The summed E-state index contributed by atoms with van der Waals surface area (Å²) in [4.78, 5) is 0. The number of nitrogens with one attached hydrogen (secondary N) is 1. The van der Waals surface area contributed by atoms with Gasteiger partial charge in [0.05, 0.1) is 0 Å². The Kier molecular flexibility index (Phi) is 2.45. The van der Waals surface area contributed by atoms with E-state index in [4.69, 9.17) is 4.74 Å².